The van der Waals surface area contributed by atoms with Crippen molar-refractivity contribution in [1.29, 1.82) is 0 Å². The third-order valence-corrected chi connectivity index (χ3v) is 5.22. The van der Waals surface area contributed by atoms with Crippen LogP contribution in [0.4, 0.5) is 17.6 Å². The maximum Gasteiger partial charge on any atom is 0.424 e. The molecule has 174 valence electrons. The van der Waals surface area contributed by atoms with E-state index < -0.39 is 35.2 Å². The Hall–Kier alpha value is -1.33. The first-order valence-corrected chi connectivity index (χ1v) is 11.4. The van der Waals surface area contributed by atoms with E-state index in [2.05, 4.69) is 33.6 Å². The minimum absolute atomic E-state index is 0.228. The third-order valence-electron chi connectivity index (χ3n) is 5.22. The number of nitrogens with zero attached hydrogens (tertiary/aromatic N) is 1. The number of benzene rings is 1. The van der Waals surface area contributed by atoms with Crippen LogP contribution in [0.2, 0.25) is 0 Å². The van der Waals surface area contributed by atoms with Crippen LogP contribution in [0.25, 0.3) is 11.3 Å². The number of hydrogen-bond donors (Lipinski definition) is 5. The maximum absolute atomic E-state index is 13.5. The van der Waals surface area contributed by atoms with Gasteiger partial charge in [-0.05, 0) is 54.9 Å². The summed E-state index contributed by atoms with van der Waals surface area (Å²) in [6, 6.07) is 8.27. The summed E-state index contributed by atoms with van der Waals surface area (Å²) in [5, 5.41) is 13.5. The summed E-state index contributed by atoms with van der Waals surface area (Å²) < 4.78 is 53.9. The van der Waals surface area contributed by atoms with Crippen molar-refractivity contribution in [3.8, 4) is 11.3 Å². The zero-order valence-electron chi connectivity index (χ0n) is 17.7. The summed E-state index contributed by atoms with van der Waals surface area (Å²) in [5.41, 5.74) is 2.37. The number of halogens is 4. The van der Waals surface area contributed by atoms with Crippen LogP contribution in [-0.2, 0) is 11.0 Å². The maximum atomic E-state index is 13.5. The van der Waals surface area contributed by atoms with Gasteiger partial charge in [0, 0.05) is 24.1 Å². The first kappa shape index (κ1) is 27.7. The fraction of sp³-hybridized carbons (Fsp3) is 0.476. The summed E-state index contributed by atoms with van der Waals surface area (Å²) in [6.45, 7) is 6.22. The van der Waals surface area contributed by atoms with E-state index in [1.165, 1.54) is 30.3 Å². The van der Waals surface area contributed by atoms with Crippen LogP contribution in [0.5, 0.6) is 0 Å². The summed E-state index contributed by atoms with van der Waals surface area (Å²) in [6.07, 6.45) is -4.26. The molecule has 0 amide bonds. The molecular formula is C21H29F4N3OS2. The summed E-state index contributed by atoms with van der Waals surface area (Å²) in [4.78, 5) is 4.05. The molecule has 1 aromatic carbocycles. The predicted octanol–water partition coefficient (Wildman–Crippen LogP) is 4.63. The summed E-state index contributed by atoms with van der Waals surface area (Å²) in [7, 11) is 0. The molecule has 4 nitrogen and oxygen atoms in total. The van der Waals surface area contributed by atoms with Gasteiger partial charge in [-0.25, -0.2) is 9.37 Å². The lowest BCUT2D eigenvalue weighted by Gasteiger charge is -2.31. The SMILES string of the molecule is CC.CC1(c2cc(-c3ccc(F)cc3)nc(C(O)(CN)C(F)(F)F)c2)CCNC1.SS. The van der Waals surface area contributed by atoms with Gasteiger partial charge < -0.3 is 16.2 Å². The van der Waals surface area contributed by atoms with Crippen LogP contribution in [0, 0.1) is 5.82 Å². The molecule has 2 heterocycles. The number of hydrogen-bond acceptors (Lipinski definition) is 6. The molecular weight excluding hydrogens is 450 g/mol. The van der Waals surface area contributed by atoms with E-state index in [-0.39, 0.29) is 5.69 Å². The molecule has 2 aromatic rings. The van der Waals surface area contributed by atoms with Gasteiger partial charge in [0.05, 0.1) is 11.4 Å². The van der Waals surface area contributed by atoms with E-state index in [0.717, 1.165) is 13.0 Å². The van der Waals surface area contributed by atoms with Crippen molar-refractivity contribution in [2.45, 2.75) is 44.4 Å². The Balaban J connectivity index is 0.00000113. The minimum atomic E-state index is -4.98. The Labute approximate surface area is 190 Å². The van der Waals surface area contributed by atoms with E-state index in [1.807, 2.05) is 20.8 Å². The zero-order chi connectivity index (χ0) is 23.9. The Kier molecular flexibility index (Phi) is 10.3. The van der Waals surface area contributed by atoms with Gasteiger partial charge in [0.25, 0.3) is 0 Å². The molecule has 2 atom stereocenters. The Morgan fingerprint density at radius 1 is 1.16 bits per heavy atom. The molecule has 1 aliphatic rings. The first-order chi connectivity index (χ1) is 14.6. The average molecular weight is 480 g/mol. The number of alkyl halides is 3. The standard InChI is InChI=1S/C19H21F4N3O.C2H6.H2S2/c1-17(6-7-25-11-17)13-8-15(12-2-4-14(20)5-3-12)26-16(9-13)18(27,10-24)19(21,22)23;2*1-2/h2-5,8-9,25,27H,6-7,10-11,24H2,1H3;1-2H3;1-2H. The lowest BCUT2D eigenvalue weighted by Crippen LogP contribution is -2.49. The molecule has 0 spiro atoms. The zero-order valence-corrected chi connectivity index (χ0v) is 19.5. The second kappa shape index (κ2) is 11.5. The van der Waals surface area contributed by atoms with Gasteiger partial charge in [-0.3, -0.25) is 0 Å². The summed E-state index contributed by atoms with van der Waals surface area (Å²) in [5.74, 6) is -0.462. The number of rotatable bonds is 4. The van der Waals surface area contributed by atoms with Gasteiger partial charge in [-0.15, -0.1) is 23.3 Å². The first-order valence-electron chi connectivity index (χ1n) is 9.78. The van der Waals surface area contributed by atoms with Crippen molar-refractivity contribution >= 4 is 23.3 Å². The van der Waals surface area contributed by atoms with Crippen molar-refractivity contribution in [1.82, 2.24) is 10.3 Å². The second-order valence-corrected chi connectivity index (χ2v) is 7.18. The highest BCUT2D eigenvalue weighted by atomic mass is 33.1. The minimum Gasteiger partial charge on any atom is -0.374 e. The van der Waals surface area contributed by atoms with Crippen molar-refractivity contribution in [3.05, 3.63) is 53.5 Å². The number of nitrogens with two attached hydrogens (primary N) is 1. The molecule has 0 bridgehead atoms. The van der Waals surface area contributed by atoms with Gasteiger partial charge in [-0.2, -0.15) is 13.2 Å². The summed E-state index contributed by atoms with van der Waals surface area (Å²) >= 11 is 6.44. The molecule has 0 saturated carbocycles. The highest BCUT2D eigenvalue weighted by Gasteiger charge is 2.55. The van der Waals surface area contributed by atoms with Crippen LogP contribution in [0.1, 0.15) is 38.4 Å². The van der Waals surface area contributed by atoms with Crippen molar-refractivity contribution in [2.24, 2.45) is 5.73 Å². The largest absolute Gasteiger partial charge is 0.424 e. The molecule has 0 aliphatic carbocycles. The van der Waals surface area contributed by atoms with E-state index in [9.17, 15) is 22.7 Å². The molecule has 31 heavy (non-hydrogen) atoms. The number of pyridine rings is 1. The molecule has 1 aliphatic heterocycles. The van der Waals surface area contributed by atoms with Crippen LogP contribution in [0.3, 0.4) is 0 Å². The third kappa shape index (κ3) is 6.13. The number of nitrogens with one attached hydrogen (secondary N) is 1. The topological polar surface area (TPSA) is 71.2 Å². The van der Waals surface area contributed by atoms with Gasteiger partial charge in [-0.1, -0.05) is 20.8 Å². The highest BCUT2D eigenvalue weighted by Crippen LogP contribution is 2.40. The number of thiol groups is 2. The van der Waals surface area contributed by atoms with E-state index in [0.29, 0.717) is 17.7 Å². The van der Waals surface area contributed by atoms with E-state index >= 15 is 0 Å². The van der Waals surface area contributed by atoms with Crippen LogP contribution < -0.4 is 11.1 Å². The number of aromatic nitrogens is 1. The van der Waals surface area contributed by atoms with Gasteiger partial charge in [0.1, 0.15) is 5.82 Å². The van der Waals surface area contributed by atoms with Gasteiger partial charge in [0.2, 0.25) is 5.60 Å². The van der Waals surface area contributed by atoms with Crippen LogP contribution in [0.15, 0.2) is 36.4 Å². The molecule has 10 heteroatoms. The van der Waals surface area contributed by atoms with Crippen molar-refractivity contribution in [2.75, 3.05) is 19.6 Å². The smallest absolute Gasteiger partial charge is 0.374 e. The van der Waals surface area contributed by atoms with E-state index in [4.69, 9.17) is 5.73 Å². The van der Waals surface area contributed by atoms with E-state index in [1.54, 1.807) is 6.07 Å². The monoisotopic (exact) mass is 479 g/mol. The molecule has 2 unspecified atom stereocenters. The quantitative estimate of drug-likeness (QED) is 0.252. The molecule has 3 rings (SSSR count). The van der Waals surface area contributed by atoms with Crippen LogP contribution >= 0.6 is 23.3 Å². The van der Waals surface area contributed by atoms with Gasteiger partial charge >= 0.3 is 6.18 Å². The average Bonchev–Trinajstić information content (AvgIpc) is 3.23. The van der Waals surface area contributed by atoms with Gasteiger partial charge in [0.15, 0.2) is 0 Å². The Morgan fingerprint density at radius 2 is 1.74 bits per heavy atom. The fourth-order valence-corrected chi connectivity index (χ4v) is 3.29. The van der Waals surface area contributed by atoms with Crippen molar-refractivity contribution in [3.63, 3.8) is 0 Å². The second-order valence-electron chi connectivity index (χ2n) is 7.18. The lowest BCUT2D eigenvalue weighted by molar-refractivity contribution is -0.263. The Morgan fingerprint density at radius 3 is 2.19 bits per heavy atom. The lowest BCUT2D eigenvalue weighted by atomic mass is 9.80. The normalized spacial score (nSPS) is 20.1. The Bertz CT molecular complexity index is 828. The molecule has 0 radical (unpaired) electrons. The molecule has 4 N–H and O–H groups in total. The molecule has 1 saturated heterocycles. The molecule has 1 aromatic heterocycles. The molecule has 1 fully saturated rings. The predicted molar refractivity (Wildman–Crippen MR) is 123 cm³/mol. The number of aliphatic hydroxyl groups is 1. The fourth-order valence-electron chi connectivity index (χ4n) is 3.29. The van der Waals surface area contributed by atoms with Crippen LogP contribution in [-0.4, -0.2) is 35.9 Å². The van der Waals surface area contributed by atoms with Crippen molar-refractivity contribution < 1.29 is 22.7 Å². The highest BCUT2D eigenvalue weighted by molar-refractivity contribution is 8.59.